The number of benzene rings is 1. The predicted molar refractivity (Wildman–Crippen MR) is 73.3 cm³/mol. The fourth-order valence-electron chi connectivity index (χ4n) is 2.33. The lowest BCUT2D eigenvalue weighted by atomic mass is 10.2. The summed E-state index contributed by atoms with van der Waals surface area (Å²) in [6, 6.07) is 5.05. The summed E-state index contributed by atoms with van der Waals surface area (Å²) in [5.41, 5.74) is 0. The zero-order chi connectivity index (χ0) is 15.2. The van der Waals surface area contributed by atoms with Crippen LogP contribution in [0.3, 0.4) is 0 Å². The van der Waals surface area contributed by atoms with E-state index in [0.717, 1.165) is 6.42 Å². The van der Waals surface area contributed by atoms with Crippen molar-refractivity contribution in [1.82, 2.24) is 4.90 Å². The Bertz CT molecular complexity index is 520. The lowest BCUT2D eigenvalue weighted by molar-refractivity contribution is -0.153. The van der Waals surface area contributed by atoms with Crippen LogP contribution in [0.2, 0.25) is 0 Å². The molecule has 1 unspecified atom stereocenters. The molecule has 1 aliphatic rings. The molecule has 0 radical (unpaired) electrons. The van der Waals surface area contributed by atoms with Crippen molar-refractivity contribution in [1.29, 1.82) is 0 Å². The molecule has 114 valence electrons. The number of carbonyl (C=O) groups excluding carboxylic acids is 2. The Morgan fingerprint density at radius 3 is 2.95 bits per heavy atom. The van der Waals surface area contributed by atoms with Gasteiger partial charge in [-0.2, -0.15) is 0 Å². The van der Waals surface area contributed by atoms with E-state index in [4.69, 9.17) is 9.47 Å². The summed E-state index contributed by atoms with van der Waals surface area (Å²) in [6.07, 6.45) is 1.36. The van der Waals surface area contributed by atoms with Gasteiger partial charge in [0.2, 0.25) is 0 Å². The van der Waals surface area contributed by atoms with Crippen LogP contribution < -0.4 is 4.74 Å². The average Bonchev–Trinajstić information content (AvgIpc) is 2.94. The smallest absolute Gasteiger partial charge is 0.328 e. The summed E-state index contributed by atoms with van der Waals surface area (Å²) < 4.78 is 23.2. The Balaban J connectivity index is 1.91. The van der Waals surface area contributed by atoms with E-state index in [1.54, 1.807) is 13.0 Å². The van der Waals surface area contributed by atoms with Crippen molar-refractivity contribution in [3.63, 3.8) is 0 Å². The van der Waals surface area contributed by atoms with E-state index in [0.29, 0.717) is 13.0 Å². The number of carbonyl (C=O) groups is 2. The minimum absolute atomic E-state index is 0.223. The lowest BCUT2D eigenvalue weighted by Gasteiger charge is -2.23. The highest BCUT2D eigenvalue weighted by Gasteiger charge is 2.35. The third-order valence-corrected chi connectivity index (χ3v) is 3.29. The van der Waals surface area contributed by atoms with E-state index >= 15 is 0 Å². The van der Waals surface area contributed by atoms with E-state index in [-0.39, 0.29) is 30.8 Å². The molecule has 21 heavy (non-hydrogen) atoms. The number of amides is 1. The minimum atomic E-state index is -0.534. The van der Waals surface area contributed by atoms with Gasteiger partial charge in [-0.15, -0.1) is 0 Å². The standard InChI is InChI=1S/C15H18FNO4/c1-2-20-15(19)13-7-4-8-17(13)14(18)10-21-12-6-3-5-11(16)9-12/h3,5-6,9,13H,2,4,7-8,10H2,1H3. The molecule has 1 heterocycles. The van der Waals surface area contributed by atoms with E-state index in [2.05, 4.69) is 0 Å². The van der Waals surface area contributed by atoms with E-state index in [1.807, 2.05) is 0 Å². The van der Waals surface area contributed by atoms with E-state index < -0.39 is 11.9 Å². The number of nitrogens with zero attached hydrogens (tertiary/aromatic N) is 1. The molecule has 0 spiro atoms. The Morgan fingerprint density at radius 1 is 1.43 bits per heavy atom. The van der Waals surface area contributed by atoms with E-state index in [1.165, 1.54) is 23.1 Å². The summed E-state index contributed by atoms with van der Waals surface area (Å²) in [5, 5.41) is 0. The van der Waals surface area contributed by atoms with Crippen molar-refractivity contribution in [2.45, 2.75) is 25.8 Å². The average molecular weight is 295 g/mol. The Morgan fingerprint density at radius 2 is 2.24 bits per heavy atom. The van der Waals surface area contributed by atoms with Gasteiger partial charge in [-0.25, -0.2) is 9.18 Å². The number of halogens is 1. The van der Waals surface area contributed by atoms with Gasteiger partial charge in [0.15, 0.2) is 6.61 Å². The molecule has 0 bridgehead atoms. The van der Waals surface area contributed by atoms with Gasteiger partial charge in [0, 0.05) is 12.6 Å². The number of likely N-dealkylation sites (tertiary alicyclic amines) is 1. The normalized spacial score (nSPS) is 17.6. The van der Waals surface area contributed by atoms with Gasteiger partial charge < -0.3 is 14.4 Å². The van der Waals surface area contributed by atoms with Crippen LogP contribution in [0.1, 0.15) is 19.8 Å². The molecular weight excluding hydrogens is 277 g/mol. The highest BCUT2D eigenvalue weighted by atomic mass is 19.1. The Hall–Kier alpha value is -2.11. The first-order valence-electron chi connectivity index (χ1n) is 6.96. The highest BCUT2D eigenvalue weighted by Crippen LogP contribution is 2.19. The minimum Gasteiger partial charge on any atom is -0.484 e. The zero-order valence-corrected chi connectivity index (χ0v) is 11.9. The molecule has 0 saturated carbocycles. The van der Waals surface area contributed by atoms with Crippen LogP contribution in [0.5, 0.6) is 5.75 Å². The van der Waals surface area contributed by atoms with Crippen LogP contribution in [0.15, 0.2) is 24.3 Å². The van der Waals surface area contributed by atoms with Crippen molar-refractivity contribution < 1.29 is 23.5 Å². The van der Waals surface area contributed by atoms with Gasteiger partial charge in [0.05, 0.1) is 6.61 Å². The number of ether oxygens (including phenoxy) is 2. The second kappa shape index (κ2) is 7.06. The SMILES string of the molecule is CCOC(=O)C1CCCN1C(=O)COc1cccc(F)c1. The summed E-state index contributed by atoms with van der Waals surface area (Å²) in [7, 11) is 0. The first-order chi connectivity index (χ1) is 10.1. The highest BCUT2D eigenvalue weighted by molar-refractivity contribution is 5.86. The third-order valence-electron chi connectivity index (χ3n) is 3.29. The quantitative estimate of drug-likeness (QED) is 0.777. The molecule has 5 nitrogen and oxygen atoms in total. The maximum Gasteiger partial charge on any atom is 0.328 e. The predicted octanol–water partition coefficient (Wildman–Crippen LogP) is 1.76. The molecule has 0 N–H and O–H groups in total. The van der Waals surface area contributed by atoms with Gasteiger partial charge in [0.25, 0.3) is 5.91 Å². The molecule has 0 aliphatic carbocycles. The molecule has 1 aliphatic heterocycles. The van der Waals surface area contributed by atoms with Crippen molar-refractivity contribution in [3.05, 3.63) is 30.1 Å². The van der Waals surface area contributed by atoms with Gasteiger partial charge in [-0.05, 0) is 31.9 Å². The number of hydrogen-bond donors (Lipinski definition) is 0. The van der Waals surface area contributed by atoms with Crippen LogP contribution in [-0.2, 0) is 14.3 Å². The second-order valence-electron chi connectivity index (χ2n) is 4.74. The zero-order valence-electron chi connectivity index (χ0n) is 11.9. The van der Waals surface area contributed by atoms with Crippen molar-refractivity contribution in [2.75, 3.05) is 19.8 Å². The number of rotatable bonds is 5. The van der Waals surface area contributed by atoms with Gasteiger partial charge in [-0.3, -0.25) is 4.79 Å². The van der Waals surface area contributed by atoms with E-state index in [9.17, 15) is 14.0 Å². The molecule has 2 rings (SSSR count). The van der Waals surface area contributed by atoms with Crippen molar-refractivity contribution in [3.8, 4) is 5.75 Å². The topological polar surface area (TPSA) is 55.8 Å². The number of hydrogen-bond acceptors (Lipinski definition) is 4. The van der Waals surface area contributed by atoms with Crippen molar-refractivity contribution in [2.24, 2.45) is 0 Å². The molecule has 6 heteroatoms. The largest absolute Gasteiger partial charge is 0.484 e. The summed E-state index contributed by atoms with van der Waals surface area (Å²) in [4.78, 5) is 25.4. The van der Waals surface area contributed by atoms with Gasteiger partial charge in [-0.1, -0.05) is 6.07 Å². The van der Waals surface area contributed by atoms with Crippen molar-refractivity contribution >= 4 is 11.9 Å². The van der Waals surface area contributed by atoms with Crippen LogP contribution in [-0.4, -0.2) is 42.6 Å². The molecule has 1 atom stereocenters. The first kappa shape index (κ1) is 15.3. The summed E-state index contributed by atoms with van der Waals surface area (Å²) >= 11 is 0. The molecular formula is C15H18FNO4. The van der Waals surface area contributed by atoms with Crippen LogP contribution in [0.25, 0.3) is 0 Å². The first-order valence-corrected chi connectivity index (χ1v) is 6.96. The van der Waals surface area contributed by atoms with Crippen LogP contribution >= 0.6 is 0 Å². The monoisotopic (exact) mass is 295 g/mol. The maximum absolute atomic E-state index is 13.0. The second-order valence-corrected chi connectivity index (χ2v) is 4.74. The van der Waals surface area contributed by atoms with Crippen LogP contribution in [0.4, 0.5) is 4.39 Å². The molecule has 1 aromatic rings. The molecule has 0 aromatic heterocycles. The lowest BCUT2D eigenvalue weighted by Crippen LogP contribution is -2.43. The maximum atomic E-state index is 13.0. The van der Waals surface area contributed by atoms with Gasteiger partial charge >= 0.3 is 5.97 Å². The summed E-state index contributed by atoms with van der Waals surface area (Å²) in [6.45, 7) is 2.30. The number of esters is 1. The van der Waals surface area contributed by atoms with Gasteiger partial charge in [0.1, 0.15) is 17.6 Å². The molecule has 1 amide bonds. The third kappa shape index (κ3) is 3.93. The molecule has 1 fully saturated rings. The molecule has 1 aromatic carbocycles. The summed E-state index contributed by atoms with van der Waals surface area (Å²) in [5.74, 6) is -0.815. The fraction of sp³-hybridized carbons (Fsp3) is 0.467. The Labute approximate surface area is 122 Å². The fourth-order valence-corrected chi connectivity index (χ4v) is 2.33. The van der Waals surface area contributed by atoms with Crippen LogP contribution in [0, 0.1) is 5.82 Å². The Kier molecular flexibility index (Phi) is 5.14. The molecule has 1 saturated heterocycles.